The minimum absolute atomic E-state index is 0.0751. The lowest BCUT2D eigenvalue weighted by atomic mass is 9.86. The van der Waals surface area contributed by atoms with Gasteiger partial charge >= 0.3 is 6.03 Å². The maximum absolute atomic E-state index is 13.8. The van der Waals surface area contributed by atoms with Crippen LogP contribution in [0, 0.1) is 5.92 Å². The van der Waals surface area contributed by atoms with Crippen LogP contribution < -0.4 is 20.1 Å². The van der Waals surface area contributed by atoms with E-state index in [0.717, 1.165) is 67.8 Å². The van der Waals surface area contributed by atoms with E-state index in [-0.39, 0.29) is 23.8 Å². The fraction of sp³-hybridized carbons (Fsp3) is 0.419. The van der Waals surface area contributed by atoms with E-state index in [4.69, 9.17) is 9.47 Å². The minimum atomic E-state index is -0.244. The van der Waals surface area contributed by atoms with Gasteiger partial charge in [0.25, 0.3) is 0 Å². The van der Waals surface area contributed by atoms with Gasteiger partial charge in [-0.15, -0.1) is 0 Å². The van der Waals surface area contributed by atoms with Gasteiger partial charge in [-0.3, -0.25) is 9.88 Å². The first-order valence-corrected chi connectivity index (χ1v) is 13.8. The summed E-state index contributed by atoms with van der Waals surface area (Å²) in [5, 5.41) is 6.09. The monoisotopic (exact) mass is 532 g/mol. The molecular formula is C31H37FN4O3. The van der Waals surface area contributed by atoms with E-state index in [1.807, 2.05) is 18.2 Å². The number of nitrogens with zero attached hydrogens (tertiary/aromatic N) is 2. The Balaban J connectivity index is 1.28. The van der Waals surface area contributed by atoms with Crippen LogP contribution in [0.4, 0.5) is 14.9 Å². The van der Waals surface area contributed by atoms with Crippen LogP contribution in [-0.4, -0.2) is 49.8 Å². The molecule has 8 heteroatoms. The highest BCUT2D eigenvalue weighted by Crippen LogP contribution is 2.41. The highest BCUT2D eigenvalue weighted by atomic mass is 19.1. The molecule has 1 aliphatic heterocycles. The summed E-state index contributed by atoms with van der Waals surface area (Å²) < 4.78 is 25.0. The molecule has 2 N–H and O–H groups in total. The largest absolute Gasteiger partial charge is 0.493 e. The zero-order chi connectivity index (χ0) is 27.2. The zero-order valence-electron chi connectivity index (χ0n) is 22.7. The SMILES string of the molecule is COc1cc2c(cc1OC)C(CC1C=CC=C(F)C=C1)N(CCNC(=O)Nc1ccnc3c1CCCC3)CC2. The first kappa shape index (κ1) is 26.9. The number of carbonyl (C=O) groups excluding carboxylic acids is 1. The van der Waals surface area contributed by atoms with Crippen molar-refractivity contribution < 1.29 is 18.7 Å². The van der Waals surface area contributed by atoms with Gasteiger partial charge in [-0.05, 0) is 91.5 Å². The van der Waals surface area contributed by atoms with Gasteiger partial charge in [0.15, 0.2) is 11.5 Å². The summed E-state index contributed by atoms with van der Waals surface area (Å²) in [7, 11) is 3.30. The summed E-state index contributed by atoms with van der Waals surface area (Å²) in [6.45, 7) is 2.04. The number of carbonyl (C=O) groups is 1. The Morgan fingerprint density at radius 1 is 1.13 bits per heavy atom. The second kappa shape index (κ2) is 12.5. The predicted molar refractivity (Wildman–Crippen MR) is 151 cm³/mol. The van der Waals surface area contributed by atoms with Crippen LogP contribution in [0.3, 0.4) is 0 Å². The van der Waals surface area contributed by atoms with Crippen molar-refractivity contribution >= 4 is 11.7 Å². The molecule has 3 aliphatic rings. The molecule has 0 radical (unpaired) electrons. The first-order chi connectivity index (χ1) is 19.1. The molecule has 0 bridgehead atoms. The van der Waals surface area contributed by atoms with Crippen molar-refractivity contribution in [1.29, 1.82) is 0 Å². The Morgan fingerprint density at radius 3 is 2.79 bits per heavy atom. The number of aryl methyl sites for hydroxylation is 1. The van der Waals surface area contributed by atoms with Crippen molar-refractivity contribution in [3.05, 3.63) is 83.0 Å². The van der Waals surface area contributed by atoms with Crippen molar-refractivity contribution in [3.8, 4) is 11.5 Å². The first-order valence-electron chi connectivity index (χ1n) is 13.8. The quantitative estimate of drug-likeness (QED) is 0.457. The van der Waals surface area contributed by atoms with E-state index in [1.54, 1.807) is 26.5 Å². The third-order valence-corrected chi connectivity index (χ3v) is 7.89. The van der Waals surface area contributed by atoms with Crippen LogP contribution in [0.5, 0.6) is 11.5 Å². The summed E-state index contributed by atoms with van der Waals surface area (Å²) >= 11 is 0. The molecule has 0 fully saturated rings. The number of urea groups is 1. The summed E-state index contributed by atoms with van der Waals surface area (Å²) in [5.41, 5.74) is 5.53. The zero-order valence-corrected chi connectivity index (χ0v) is 22.7. The van der Waals surface area contributed by atoms with Gasteiger partial charge in [-0.2, -0.15) is 0 Å². The molecule has 2 heterocycles. The van der Waals surface area contributed by atoms with Gasteiger partial charge in [0.1, 0.15) is 5.83 Å². The van der Waals surface area contributed by atoms with Crippen molar-refractivity contribution in [1.82, 2.24) is 15.2 Å². The second-order valence-corrected chi connectivity index (χ2v) is 10.3. The van der Waals surface area contributed by atoms with E-state index >= 15 is 0 Å². The lowest BCUT2D eigenvalue weighted by molar-refractivity contribution is 0.169. The molecule has 0 saturated carbocycles. The van der Waals surface area contributed by atoms with Gasteiger partial charge in [0.05, 0.1) is 14.2 Å². The average Bonchev–Trinajstić information content (AvgIpc) is 3.17. The Morgan fingerprint density at radius 2 is 1.95 bits per heavy atom. The number of nitrogens with one attached hydrogen (secondary N) is 2. The number of ether oxygens (including phenoxy) is 2. The number of halogens is 1. The van der Waals surface area contributed by atoms with Crippen LogP contribution in [0.25, 0.3) is 0 Å². The van der Waals surface area contributed by atoms with Gasteiger partial charge in [-0.25, -0.2) is 9.18 Å². The van der Waals surface area contributed by atoms with Gasteiger partial charge in [-0.1, -0.05) is 18.2 Å². The number of hydrogen-bond donors (Lipinski definition) is 2. The van der Waals surface area contributed by atoms with Gasteiger partial charge in [0.2, 0.25) is 0 Å². The Hall–Kier alpha value is -3.65. The second-order valence-electron chi connectivity index (χ2n) is 10.3. The molecule has 206 valence electrons. The van der Waals surface area contributed by atoms with Crippen molar-refractivity contribution in [2.75, 3.05) is 39.2 Å². The third kappa shape index (κ3) is 6.33. The van der Waals surface area contributed by atoms with Crippen molar-refractivity contribution in [2.24, 2.45) is 5.92 Å². The van der Waals surface area contributed by atoms with Crippen LogP contribution >= 0.6 is 0 Å². The number of aromatic nitrogens is 1. The Bertz CT molecular complexity index is 1290. The molecule has 5 rings (SSSR count). The molecule has 2 aliphatic carbocycles. The fourth-order valence-corrected chi connectivity index (χ4v) is 5.89. The number of allylic oxidation sites excluding steroid dienone is 6. The molecule has 2 atom stereocenters. The van der Waals surface area contributed by atoms with Gasteiger partial charge < -0.3 is 20.1 Å². The summed E-state index contributed by atoms with van der Waals surface area (Å²) in [6, 6.07) is 5.89. The highest BCUT2D eigenvalue weighted by molar-refractivity contribution is 5.90. The summed E-state index contributed by atoms with van der Waals surface area (Å²) in [5.74, 6) is 1.25. The molecule has 1 aromatic carbocycles. The molecule has 39 heavy (non-hydrogen) atoms. The molecule has 2 unspecified atom stereocenters. The molecule has 2 aromatic rings. The van der Waals surface area contributed by atoms with Crippen LogP contribution in [-0.2, 0) is 19.3 Å². The summed E-state index contributed by atoms with van der Waals surface area (Å²) in [4.78, 5) is 19.7. The number of fused-ring (bicyclic) bond motifs is 2. The van der Waals surface area contributed by atoms with E-state index in [9.17, 15) is 9.18 Å². The normalized spacial score (nSPS) is 20.3. The molecule has 0 spiro atoms. The maximum Gasteiger partial charge on any atom is 0.319 e. The number of benzene rings is 1. The lowest BCUT2D eigenvalue weighted by Crippen LogP contribution is -2.42. The number of hydrogen-bond acceptors (Lipinski definition) is 5. The highest BCUT2D eigenvalue weighted by Gasteiger charge is 2.30. The number of rotatable bonds is 8. The maximum atomic E-state index is 13.8. The molecule has 7 nitrogen and oxygen atoms in total. The molecule has 2 amide bonds. The lowest BCUT2D eigenvalue weighted by Gasteiger charge is -2.39. The number of methoxy groups -OCH3 is 2. The summed E-state index contributed by atoms with van der Waals surface area (Å²) in [6.07, 6.45) is 16.4. The third-order valence-electron chi connectivity index (χ3n) is 7.89. The van der Waals surface area contributed by atoms with Crippen LogP contribution in [0.2, 0.25) is 0 Å². The topological polar surface area (TPSA) is 75.7 Å². The average molecular weight is 533 g/mol. The molecular weight excluding hydrogens is 495 g/mol. The molecule has 1 aromatic heterocycles. The molecule has 0 saturated heterocycles. The van der Waals surface area contributed by atoms with Crippen LogP contribution in [0.15, 0.2) is 60.6 Å². The van der Waals surface area contributed by atoms with E-state index < -0.39 is 0 Å². The Labute approximate surface area is 229 Å². The number of anilines is 1. The number of amides is 2. The fourth-order valence-electron chi connectivity index (χ4n) is 5.89. The van der Waals surface area contributed by atoms with E-state index in [2.05, 4.69) is 32.7 Å². The minimum Gasteiger partial charge on any atom is -0.493 e. The number of pyridine rings is 1. The van der Waals surface area contributed by atoms with Gasteiger partial charge in [0, 0.05) is 43.3 Å². The standard InChI is InChI=1S/C31H37FN4O3/c1-38-29-19-22-13-16-36(17-15-34-31(37)35-27-12-14-33-26-9-4-3-8-24(26)27)28(25(22)20-30(29)39-2)18-21-6-5-7-23(32)11-10-21/h5-7,10-12,14,19-21,28H,3-4,8-9,13,15-18H2,1-2H3,(H2,33,34,35,37). The van der Waals surface area contributed by atoms with E-state index in [0.29, 0.717) is 18.8 Å². The smallest absolute Gasteiger partial charge is 0.319 e. The van der Waals surface area contributed by atoms with Crippen LogP contribution in [0.1, 0.15) is 47.7 Å². The Kier molecular flexibility index (Phi) is 8.61. The predicted octanol–water partition coefficient (Wildman–Crippen LogP) is 5.68. The van der Waals surface area contributed by atoms with Crippen molar-refractivity contribution in [3.63, 3.8) is 0 Å². The van der Waals surface area contributed by atoms with E-state index in [1.165, 1.54) is 23.3 Å². The van der Waals surface area contributed by atoms with Crippen molar-refractivity contribution in [2.45, 2.75) is 44.6 Å².